The molecule has 1 amide bonds. The Hall–Kier alpha value is -1.00. The molecule has 0 spiro atoms. The van der Waals surface area contributed by atoms with Crippen LogP contribution in [0.25, 0.3) is 0 Å². The van der Waals surface area contributed by atoms with E-state index in [0.29, 0.717) is 6.42 Å². The van der Waals surface area contributed by atoms with E-state index in [1.165, 1.54) is 23.3 Å². The van der Waals surface area contributed by atoms with Crippen molar-refractivity contribution in [1.29, 1.82) is 0 Å². The van der Waals surface area contributed by atoms with Crippen molar-refractivity contribution in [3.63, 3.8) is 0 Å². The average Bonchev–Trinajstić information content (AvgIpc) is 3.10. The smallest absolute Gasteiger partial charge is 0.218 e. The third kappa shape index (κ3) is 4.79. The lowest BCUT2D eigenvalue weighted by Gasteiger charge is -2.05. The summed E-state index contributed by atoms with van der Waals surface area (Å²) in [6, 6.07) is 9.19. The van der Waals surface area contributed by atoms with Crippen molar-refractivity contribution in [3.8, 4) is 0 Å². The molecule has 0 atom stereocenters. The number of hydrogen-bond donors (Lipinski definition) is 2. The minimum atomic E-state index is -0.232. The highest BCUT2D eigenvalue weighted by molar-refractivity contribution is 7.99. The number of primary amides is 1. The van der Waals surface area contributed by atoms with Gasteiger partial charge in [-0.1, -0.05) is 12.1 Å². The van der Waals surface area contributed by atoms with Crippen LogP contribution in [0.5, 0.6) is 0 Å². The second kappa shape index (κ2) is 6.07. The standard InChI is InChI=1S/C13H18N2OS/c14-13(16)6-7-17-12-3-1-2-10(8-12)9-15-11-4-5-11/h1-3,8,11,15H,4-7,9H2,(H2,14,16). The van der Waals surface area contributed by atoms with Crippen LogP contribution in [0, 0.1) is 0 Å². The van der Waals surface area contributed by atoms with E-state index >= 15 is 0 Å². The molecule has 0 aliphatic heterocycles. The summed E-state index contributed by atoms with van der Waals surface area (Å²) >= 11 is 1.68. The number of hydrogen-bond acceptors (Lipinski definition) is 3. The van der Waals surface area contributed by atoms with Gasteiger partial charge in [0.2, 0.25) is 5.91 Å². The van der Waals surface area contributed by atoms with Crippen LogP contribution in [0.15, 0.2) is 29.2 Å². The molecule has 1 aliphatic rings. The Labute approximate surface area is 106 Å². The van der Waals surface area contributed by atoms with Crippen molar-refractivity contribution in [2.75, 3.05) is 5.75 Å². The first-order chi connectivity index (χ1) is 8.24. The highest BCUT2D eigenvalue weighted by Crippen LogP contribution is 2.22. The van der Waals surface area contributed by atoms with Gasteiger partial charge in [0.25, 0.3) is 0 Å². The van der Waals surface area contributed by atoms with Crippen molar-refractivity contribution in [2.45, 2.75) is 36.7 Å². The Balaban J connectivity index is 1.79. The molecule has 1 saturated carbocycles. The van der Waals surface area contributed by atoms with E-state index in [1.807, 2.05) is 0 Å². The molecule has 2 rings (SSSR count). The van der Waals surface area contributed by atoms with Gasteiger partial charge in [0.15, 0.2) is 0 Å². The maximum absolute atomic E-state index is 10.6. The molecule has 0 bridgehead atoms. The lowest BCUT2D eigenvalue weighted by atomic mass is 10.2. The van der Waals surface area contributed by atoms with Crippen LogP contribution in [-0.4, -0.2) is 17.7 Å². The number of benzene rings is 1. The van der Waals surface area contributed by atoms with Crippen LogP contribution >= 0.6 is 11.8 Å². The van der Waals surface area contributed by atoms with E-state index < -0.39 is 0 Å². The quantitative estimate of drug-likeness (QED) is 0.727. The van der Waals surface area contributed by atoms with Gasteiger partial charge in [-0.3, -0.25) is 4.79 Å². The molecule has 92 valence electrons. The topological polar surface area (TPSA) is 55.1 Å². The lowest BCUT2D eigenvalue weighted by molar-refractivity contribution is -0.117. The fourth-order valence-corrected chi connectivity index (χ4v) is 2.51. The van der Waals surface area contributed by atoms with Crippen LogP contribution < -0.4 is 11.1 Å². The molecule has 0 radical (unpaired) electrons. The predicted molar refractivity (Wildman–Crippen MR) is 70.8 cm³/mol. The zero-order valence-corrected chi connectivity index (χ0v) is 10.6. The van der Waals surface area contributed by atoms with Gasteiger partial charge >= 0.3 is 0 Å². The molecule has 1 aromatic carbocycles. The maximum Gasteiger partial charge on any atom is 0.218 e. The molecule has 3 N–H and O–H groups in total. The molecule has 4 heteroatoms. The van der Waals surface area contributed by atoms with E-state index in [1.54, 1.807) is 11.8 Å². The molecular formula is C13H18N2OS. The van der Waals surface area contributed by atoms with Gasteiger partial charge in [-0.15, -0.1) is 11.8 Å². The number of rotatable bonds is 7. The van der Waals surface area contributed by atoms with Crippen molar-refractivity contribution in [2.24, 2.45) is 5.73 Å². The average molecular weight is 250 g/mol. The molecule has 1 fully saturated rings. The molecule has 17 heavy (non-hydrogen) atoms. The summed E-state index contributed by atoms with van der Waals surface area (Å²) in [6.07, 6.45) is 3.06. The third-order valence-corrected chi connectivity index (χ3v) is 3.68. The summed E-state index contributed by atoms with van der Waals surface area (Å²) in [4.78, 5) is 11.8. The van der Waals surface area contributed by atoms with E-state index in [0.717, 1.165) is 18.3 Å². The molecule has 0 unspecified atom stereocenters. The number of thioether (sulfide) groups is 1. The maximum atomic E-state index is 10.6. The second-order valence-electron chi connectivity index (χ2n) is 4.37. The Morgan fingerprint density at radius 1 is 1.47 bits per heavy atom. The number of nitrogens with one attached hydrogen (secondary N) is 1. The third-order valence-electron chi connectivity index (χ3n) is 2.69. The monoisotopic (exact) mass is 250 g/mol. The zero-order valence-electron chi connectivity index (χ0n) is 9.82. The Kier molecular flexibility index (Phi) is 4.45. The summed E-state index contributed by atoms with van der Waals surface area (Å²) in [5, 5.41) is 3.49. The van der Waals surface area contributed by atoms with Crippen LogP contribution in [0.3, 0.4) is 0 Å². The van der Waals surface area contributed by atoms with Crippen LogP contribution in [0.4, 0.5) is 0 Å². The Bertz CT molecular complexity index is 391. The van der Waals surface area contributed by atoms with E-state index in [9.17, 15) is 4.79 Å². The van der Waals surface area contributed by atoms with Gasteiger partial charge in [0.05, 0.1) is 0 Å². The lowest BCUT2D eigenvalue weighted by Crippen LogP contribution is -2.15. The summed E-state index contributed by atoms with van der Waals surface area (Å²) in [5.41, 5.74) is 6.42. The molecule has 0 heterocycles. The van der Waals surface area contributed by atoms with Gasteiger partial charge in [-0.25, -0.2) is 0 Å². The van der Waals surface area contributed by atoms with Gasteiger partial charge < -0.3 is 11.1 Å². The van der Waals surface area contributed by atoms with Gasteiger partial charge in [0, 0.05) is 29.7 Å². The first kappa shape index (κ1) is 12.5. The van der Waals surface area contributed by atoms with Crippen molar-refractivity contribution in [1.82, 2.24) is 5.32 Å². The first-order valence-corrected chi connectivity index (χ1v) is 6.96. The van der Waals surface area contributed by atoms with Gasteiger partial charge in [-0.2, -0.15) is 0 Å². The number of nitrogens with two attached hydrogens (primary N) is 1. The van der Waals surface area contributed by atoms with Crippen LogP contribution in [0.1, 0.15) is 24.8 Å². The molecule has 0 saturated heterocycles. The van der Waals surface area contributed by atoms with E-state index in [-0.39, 0.29) is 5.91 Å². The first-order valence-electron chi connectivity index (χ1n) is 5.97. The Morgan fingerprint density at radius 2 is 2.29 bits per heavy atom. The second-order valence-corrected chi connectivity index (χ2v) is 5.54. The van der Waals surface area contributed by atoms with Crippen molar-refractivity contribution >= 4 is 17.7 Å². The highest BCUT2D eigenvalue weighted by atomic mass is 32.2. The summed E-state index contributed by atoms with van der Waals surface area (Å²) in [6.45, 7) is 0.939. The highest BCUT2D eigenvalue weighted by Gasteiger charge is 2.19. The van der Waals surface area contributed by atoms with E-state index in [2.05, 4.69) is 29.6 Å². The summed E-state index contributed by atoms with van der Waals surface area (Å²) in [7, 11) is 0. The molecule has 3 nitrogen and oxygen atoms in total. The van der Waals surface area contributed by atoms with E-state index in [4.69, 9.17) is 5.73 Å². The van der Waals surface area contributed by atoms with Gasteiger partial charge in [-0.05, 0) is 30.5 Å². The fraction of sp³-hybridized carbons (Fsp3) is 0.462. The predicted octanol–water partition coefficient (Wildman–Crippen LogP) is 1.91. The normalized spacial score (nSPS) is 14.8. The molecular weight excluding hydrogens is 232 g/mol. The molecule has 0 aromatic heterocycles. The SMILES string of the molecule is NC(=O)CCSc1cccc(CNC2CC2)c1. The van der Waals surface area contributed by atoms with Crippen LogP contribution in [-0.2, 0) is 11.3 Å². The van der Waals surface area contributed by atoms with Crippen molar-refractivity contribution < 1.29 is 4.79 Å². The van der Waals surface area contributed by atoms with Gasteiger partial charge in [0.1, 0.15) is 0 Å². The number of amides is 1. The summed E-state index contributed by atoms with van der Waals surface area (Å²) in [5.74, 6) is 0.526. The van der Waals surface area contributed by atoms with Crippen molar-refractivity contribution in [3.05, 3.63) is 29.8 Å². The largest absolute Gasteiger partial charge is 0.370 e. The fourth-order valence-electron chi connectivity index (χ4n) is 1.56. The Morgan fingerprint density at radius 3 is 3.00 bits per heavy atom. The molecule has 1 aromatic rings. The zero-order chi connectivity index (χ0) is 12.1. The summed E-state index contributed by atoms with van der Waals surface area (Å²) < 4.78 is 0. The minimum absolute atomic E-state index is 0.232. The number of carbonyl (C=O) groups is 1. The number of carbonyl (C=O) groups excluding carboxylic acids is 1. The minimum Gasteiger partial charge on any atom is -0.370 e. The molecule has 1 aliphatic carbocycles. The van der Waals surface area contributed by atoms with Crippen LogP contribution in [0.2, 0.25) is 0 Å².